The molecule has 5 rings (SSSR count). The van der Waals surface area contributed by atoms with Crippen molar-refractivity contribution in [3.05, 3.63) is 66.1 Å². The Hall–Kier alpha value is -4.09. The van der Waals surface area contributed by atoms with Crippen LogP contribution < -0.4 is 11.1 Å². The quantitative estimate of drug-likeness (QED) is 0.463. The Morgan fingerprint density at radius 3 is 2.59 bits per heavy atom. The van der Waals surface area contributed by atoms with Crippen LogP contribution in [0.3, 0.4) is 0 Å². The molecule has 1 fully saturated rings. The molecule has 1 saturated heterocycles. The van der Waals surface area contributed by atoms with Gasteiger partial charge in [-0.25, -0.2) is 9.97 Å². The number of hydrogen-bond donors (Lipinski definition) is 2. The van der Waals surface area contributed by atoms with Crippen LogP contribution >= 0.6 is 0 Å². The summed E-state index contributed by atoms with van der Waals surface area (Å²) in [5, 5.41) is 17.4. The average Bonchev–Trinajstić information content (AvgIpc) is 3.39. The van der Waals surface area contributed by atoms with Crippen molar-refractivity contribution in [1.29, 1.82) is 5.26 Å². The molecule has 4 heterocycles. The van der Waals surface area contributed by atoms with E-state index in [4.69, 9.17) is 15.2 Å². The minimum Gasteiger partial charge on any atom is -0.382 e. The maximum atomic E-state index is 9.93. The van der Waals surface area contributed by atoms with Crippen LogP contribution in [0.5, 0.6) is 0 Å². The van der Waals surface area contributed by atoms with Crippen molar-refractivity contribution < 1.29 is 4.52 Å². The van der Waals surface area contributed by atoms with Crippen LogP contribution in [-0.4, -0.2) is 33.2 Å². The summed E-state index contributed by atoms with van der Waals surface area (Å²) in [7, 11) is 0. The second kappa shape index (κ2) is 9.04. The Balaban J connectivity index is 1.48. The van der Waals surface area contributed by atoms with Gasteiger partial charge in [0.05, 0.1) is 23.7 Å². The lowest BCUT2D eigenvalue weighted by molar-refractivity contribution is 0.375. The van der Waals surface area contributed by atoms with E-state index in [-0.39, 0.29) is 5.82 Å². The Morgan fingerprint density at radius 1 is 1.06 bits per heavy atom. The molecule has 1 aromatic carbocycles. The summed E-state index contributed by atoms with van der Waals surface area (Å²) in [6.45, 7) is 3.70. The minimum atomic E-state index is -0.599. The summed E-state index contributed by atoms with van der Waals surface area (Å²) in [6, 6.07) is 16.3. The van der Waals surface area contributed by atoms with Gasteiger partial charge in [0.25, 0.3) is 0 Å². The topological polar surface area (TPSA) is 127 Å². The van der Waals surface area contributed by atoms with Crippen molar-refractivity contribution >= 4 is 5.82 Å². The van der Waals surface area contributed by atoms with Crippen LogP contribution in [0.1, 0.15) is 31.0 Å². The van der Waals surface area contributed by atoms with Gasteiger partial charge < -0.3 is 15.6 Å². The summed E-state index contributed by atoms with van der Waals surface area (Å²) in [5.74, 6) is 0.705. The number of rotatable bonds is 5. The van der Waals surface area contributed by atoms with Crippen LogP contribution in [0.15, 0.2) is 59.4 Å². The molecule has 1 aliphatic heterocycles. The van der Waals surface area contributed by atoms with Gasteiger partial charge in [0, 0.05) is 23.4 Å². The van der Waals surface area contributed by atoms with E-state index in [1.807, 2.05) is 30.3 Å². The van der Waals surface area contributed by atoms with Gasteiger partial charge in [-0.05, 0) is 50.0 Å². The lowest BCUT2D eigenvalue weighted by Gasteiger charge is -2.30. The predicted molar refractivity (Wildman–Crippen MR) is 129 cm³/mol. The molecule has 3 N–H and O–H groups in total. The number of nitrogens with one attached hydrogen (secondary N) is 1. The third-order valence-electron chi connectivity index (χ3n) is 6.42. The van der Waals surface area contributed by atoms with Crippen molar-refractivity contribution in [1.82, 2.24) is 25.4 Å². The van der Waals surface area contributed by atoms with E-state index >= 15 is 0 Å². The number of hydrogen-bond acceptors (Lipinski definition) is 8. The Morgan fingerprint density at radius 2 is 1.85 bits per heavy atom. The molecule has 0 saturated carbocycles. The van der Waals surface area contributed by atoms with Crippen LogP contribution in [0.4, 0.5) is 5.82 Å². The maximum absolute atomic E-state index is 9.93. The lowest BCUT2D eigenvalue weighted by Crippen LogP contribution is -2.39. The lowest BCUT2D eigenvalue weighted by atomic mass is 9.77. The fourth-order valence-corrected chi connectivity index (χ4v) is 4.28. The van der Waals surface area contributed by atoms with E-state index in [1.165, 1.54) is 5.56 Å². The molecule has 4 aromatic rings. The highest BCUT2D eigenvalue weighted by Crippen LogP contribution is 2.34. The number of aromatic nitrogens is 4. The molecular formula is C26H25N7O. The van der Waals surface area contributed by atoms with Gasteiger partial charge >= 0.3 is 0 Å². The highest BCUT2D eigenvalue weighted by molar-refractivity contribution is 5.73. The zero-order chi connectivity index (χ0) is 23.5. The smallest absolute Gasteiger partial charge is 0.189 e. The van der Waals surface area contributed by atoms with E-state index in [9.17, 15) is 5.26 Å². The molecule has 0 unspecified atom stereocenters. The zero-order valence-corrected chi connectivity index (χ0v) is 19.0. The van der Waals surface area contributed by atoms with Crippen molar-refractivity contribution in [2.45, 2.75) is 31.6 Å². The number of nitrogens with zero attached hydrogens (tertiary/aromatic N) is 5. The molecule has 34 heavy (non-hydrogen) atoms. The van der Waals surface area contributed by atoms with E-state index in [0.29, 0.717) is 22.8 Å². The second-order valence-electron chi connectivity index (χ2n) is 8.49. The highest BCUT2D eigenvalue weighted by Gasteiger charge is 2.35. The Labute approximate surface area is 197 Å². The van der Waals surface area contributed by atoms with Crippen molar-refractivity contribution in [2.75, 3.05) is 18.8 Å². The van der Waals surface area contributed by atoms with E-state index in [1.54, 1.807) is 12.4 Å². The summed E-state index contributed by atoms with van der Waals surface area (Å²) < 4.78 is 5.59. The molecule has 0 bridgehead atoms. The molecule has 0 amide bonds. The van der Waals surface area contributed by atoms with Crippen molar-refractivity contribution in [2.24, 2.45) is 0 Å². The standard InChI is InChI=1S/C26H25N7O/c1-2-17-3-5-18(6-4-17)20-14-22(34-33-20)24-25(28)31-15-21(32-24)19-7-10-30-23(13-19)26(16-27)8-11-29-12-9-26/h3-7,10,13-15,29H,2,8-9,11-12H2,1H3,(H2,28,31). The van der Waals surface area contributed by atoms with Gasteiger partial charge in [0.15, 0.2) is 17.3 Å². The van der Waals surface area contributed by atoms with Gasteiger partial charge in [-0.3, -0.25) is 4.98 Å². The molecule has 1 aliphatic rings. The molecule has 0 spiro atoms. The van der Waals surface area contributed by atoms with Gasteiger partial charge in [-0.1, -0.05) is 36.3 Å². The van der Waals surface area contributed by atoms with Gasteiger partial charge in [0.1, 0.15) is 11.1 Å². The molecule has 170 valence electrons. The maximum Gasteiger partial charge on any atom is 0.189 e. The van der Waals surface area contributed by atoms with E-state index in [2.05, 4.69) is 45.6 Å². The fourth-order valence-electron chi connectivity index (χ4n) is 4.28. The average molecular weight is 452 g/mol. The predicted octanol–water partition coefficient (Wildman–Crippen LogP) is 4.15. The number of anilines is 1. The third-order valence-corrected chi connectivity index (χ3v) is 6.42. The number of piperidine rings is 1. The van der Waals surface area contributed by atoms with Gasteiger partial charge in [-0.2, -0.15) is 5.26 Å². The van der Waals surface area contributed by atoms with Crippen LogP contribution in [0.2, 0.25) is 0 Å². The summed E-state index contributed by atoms with van der Waals surface area (Å²) in [5.41, 5.74) is 11.1. The van der Waals surface area contributed by atoms with E-state index < -0.39 is 5.41 Å². The first-order valence-electron chi connectivity index (χ1n) is 11.4. The first kappa shape index (κ1) is 21.7. The zero-order valence-electron chi connectivity index (χ0n) is 19.0. The summed E-state index contributed by atoms with van der Waals surface area (Å²) in [4.78, 5) is 13.6. The number of aryl methyl sites for hydroxylation is 1. The van der Waals surface area contributed by atoms with Gasteiger partial charge in [0.2, 0.25) is 0 Å². The largest absolute Gasteiger partial charge is 0.382 e. The third kappa shape index (κ3) is 4.02. The van der Waals surface area contributed by atoms with Crippen molar-refractivity contribution in [3.63, 3.8) is 0 Å². The number of nitriles is 1. The molecule has 8 nitrogen and oxygen atoms in total. The monoisotopic (exact) mass is 451 g/mol. The first-order valence-corrected chi connectivity index (χ1v) is 11.4. The molecule has 3 aromatic heterocycles. The Kier molecular flexibility index (Phi) is 5.78. The molecule has 0 atom stereocenters. The summed E-state index contributed by atoms with van der Waals surface area (Å²) in [6.07, 6.45) is 5.76. The van der Waals surface area contributed by atoms with Crippen LogP contribution in [-0.2, 0) is 11.8 Å². The Bertz CT molecular complexity index is 1350. The highest BCUT2D eigenvalue weighted by atomic mass is 16.5. The summed E-state index contributed by atoms with van der Waals surface area (Å²) >= 11 is 0. The second-order valence-corrected chi connectivity index (χ2v) is 8.49. The number of pyridine rings is 1. The number of nitrogen functional groups attached to an aromatic ring is 1. The fraction of sp³-hybridized carbons (Fsp3) is 0.269. The SMILES string of the molecule is CCc1ccc(-c2cc(-c3nc(-c4ccnc(C5(C#N)CCNCC5)c4)cnc3N)on2)cc1. The molecule has 8 heteroatoms. The molecule has 0 aliphatic carbocycles. The van der Waals surface area contributed by atoms with Crippen LogP contribution in [0.25, 0.3) is 34.0 Å². The minimum absolute atomic E-state index is 0.258. The normalized spacial score (nSPS) is 15.1. The molecule has 0 radical (unpaired) electrons. The molecular weight excluding hydrogens is 426 g/mol. The van der Waals surface area contributed by atoms with E-state index in [0.717, 1.165) is 49.2 Å². The number of benzene rings is 1. The number of nitrogens with two attached hydrogens (primary N) is 1. The first-order chi connectivity index (χ1) is 16.6. The van der Waals surface area contributed by atoms with Gasteiger partial charge in [-0.15, -0.1) is 0 Å². The van der Waals surface area contributed by atoms with Crippen molar-refractivity contribution in [3.8, 4) is 40.0 Å². The van der Waals surface area contributed by atoms with Crippen LogP contribution in [0, 0.1) is 11.3 Å².